The third-order valence-electron chi connectivity index (χ3n) is 5.95. The molecular formula is C18H33N3O2. The average Bonchev–Trinajstić information content (AvgIpc) is 3.03. The maximum Gasteiger partial charge on any atom is 0.225 e. The molecule has 1 aliphatic heterocycles. The van der Waals surface area contributed by atoms with Gasteiger partial charge in [0.05, 0.1) is 13.2 Å². The Morgan fingerprint density at radius 1 is 1.17 bits per heavy atom. The van der Waals surface area contributed by atoms with Gasteiger partial charge in [-0.25, -0.2) is 0 Å². The van der Waals surface area contributed by atoms with Crippen molar-refractivity contribution in [1.82, 2.24) is 15.5 Å². The van der Waals surface area contributed by atoms with Crippen LogP contribution in [0.1, 0.15) is 44.9 Å². The second-order valence-electron chi connectivity index (χ2n) is 7.80. The van der Waals surface area contributed by atoms with E-state index >= 15 is 0 Å². The summed E-state index contributed by atoms with van der Waals surface area (Å²) in [7, 11) is 3.75. The van der Waals surface area contributed by atoms with E-state index in [0.29, 0.717) is 30.0 Å². The van der Waals surface area contributed by atoms with Gasteiger partial charge in [-0.15, -0.1) is 0 Å². The van der Waals surface area contributed by atoms with Crippen LogP contribution in [0.2, 0.25) is 0 Å². The standard InChI is InChI=1S/C18H33N3O2/c1-21(2)18(22)13-5-3-6-14(11-13)20-16-8-4-7-15(16)17-12-23-10-9-19-17/h13-17,19-20H,3-12H2,1-2H3. The third kappa shape index (κ3) is 4.25. The molecule has 132 valence electrons. The van der Waals surface area contributed by atoms with Crippen molar-refractivity contribution >= 4 is 5.91 Å². The first-order valence-corrected chi connectivity index (χ1v) is 9.43. The monoisotopic (exact) mass is 323 g/mol. The number of carbonyl (C=O) groups excluding carboxylic acids is 1. The molecule has 1 saturated heterocycles. The molecule has 0 aromatic rings. The molecule has 2 saturated carbocycles. The molecule has 3 fully saturated rings. The molecule has 5 nitrogen and oxygen atoms in total. The van der Waals surface area contributed by atoms with Crippen molar-refractivity contribution in [2.75, 3.05) is 33.9 Å². The molecule has 3 rings (SSSR count). The van der Waals surface area contributed by atoms with Gasteiger partial charge in [-0.05, 0) is 38.0 Å². The van der Waals surface area contributed by atoms with Gasteiger partial charge in [-0.3, -0.25) is 4.79 Å². The minimum atomic E-state index is 0.215. The number of ether oxygens (including phenoxy) is 1. The van der Waals surface area contributed by atoms with E-state index in [9.17, 15) is 4.79 Å². The normalized spacial score (nSPS) is 38.4. The molecule has 1 amide bonds. The Hall–Kier alpha value is -0.650. The number of carbonyl (C=O) groups is 1. The van der Waals surface area contributed by atoms with Crippen molar-refractivity contribution in [3.63, 3.8) is 0 Å². The predicted molar refractivity (Wildman–Crippen MR) is 91.3 cm³/mol. The summed E-state index contributed by atoms with van der Waals surface area (Å²) in [4.78, 5) is 14.0. The van der Waals surface area contributed by atoms with E-state index in [1.54, 1.807) is 4.90 Å². The van der Waals surface area contributed by atoms with Crippen LogP contribution in [0.5, 0.6) is 0 Å². The van der Waals surface area contributed by atoms with Crippen molar-refractivity contribution in [2.45, 2.75) is 63.1 Å². The zero-order valence-electron chi connectivity index (χ0n) is 14.7. The summed E-state index contributed by atoms with van der Waals surface area (Å²) < 4.78 is 5.67. The molecule has 5 atom stereocenters. The quantitative estimate of drug-likeness (QED) is 0.821. The Labute approximate surface area is 140 Å². The van der Waals surface area contributed by atoms with Crippen LogP contribution in [0.4, 0.5) is 0 Å². The van der Waals surface area contributed by atoms with Gasteiger partial charge in [0, 0.05) is 44.7 Å². The number of nitrogens with one attached hydrogen (secondary N) is 2. The topological polar surface area (TPSA) is 53.6 Å². The lowest BCUT2D eigenvalue weighted by Gasteiger charge is -2.37. The molecular weight excluding hydrogens is 290 g/mol. The Bertz CT molecular complexity index is 396. The molecule has 3 aliphatic rings. The Morgan fingerprint density at radius 3 is 2.74 bits per heavy atom. The average molecular weight is 323 g/mol. The highest BCUT2D eigenvalue weighted by molar-refractivity contribution is 5.78. The molecule has 1 heterocycles. The maximum absolute atomic E-state index is 12.3. The lowest BCUT2D eigenvalue weighted by Crippen LogP contribution is -2.53. The van der Waals surface area contributed by atoms with Crippen LogP contribution in [0.25, 0.3) is 0 Å². The highest BCUT2D eigenvalue weighted by atomic mass is 16.5. The summed E-state index contributed by atoms with van der Waals surface area (Å²) in [5, 5.41) is 7.57. The molecule has 0 aromatic carbocycles. The predicted octanol–water partition coefficient (Wildman–Crippen LogP) is 1.38. The van der Waals surface area contributed by atoms with Crippen LogP contribution in [0, 0.1) is 11.8 Å². The molecule has 0 radical (unpaired) electrons. The summed E-state index contributed by atoms with van der Waals surface area (Å²) in [6.07, 6.45) is 8.33. The fourth-order valence-corrected chi connectivity index (χ4v) is 4.77. The van der Waals surface area contributed by atoms with Crippen LogP contribution in [0.3, 0.4) is 0 Å². The van der Waals surface area contributed by atoms with Gasteiger partial charge in [0.1, 0.15) is 0 Å². The minimum absolute atomic E-state index is 0.215. The minimum Gasteiger partial charge on any atom is -0.379 e. The molecule has 0 bridgehead atoms. The van der Waals surface area contributed by atoms with E-state index in [1.807, 2.05) is 14.1 Å². The number of morpholine rings is 1. The largest absolute Gasteiger partial charge is 0.379 e. The fraction of sp³-hybridized carbons (Fsp3) is 0.944. The first-order valence-electron chi connectivity index (χ1n) is 9.43. The van der Waals surface area contributed by atoms with Gasteiger partial charge < -0.3 is 20.3 Å². The third-order valence-corrected chi connectivity index (χ3v) is 5.95. The summed E-state index contributed by atoms with van der Waals surface area (Å²) in [6, 6.07) is 1.60. The Morgan fingerprint density at radius 2 is 2.00 bits per heavy atom. The van der Waals surface area contributed by atoms with Crippen molar-refractivity contribution in [3.8, 4) is 0 Å². The van der Waals surface area contributed by atoms with Gasteiger partial charge in [0.25, 0.3) is 0 Å². The Kier molecular flexibility index (Phi) is 5.94. The van der Waals surface area contributed by atoms with Gasteiger partial charge in [-0.1, -0.05) is 12.8 Å². The second-order valence-corrected chi connectivity index (χ2v) is 7.80. The van der Waals surface area contributed by atoms with Crippen LogP contribution in [-0.4, -0.2) is 62.8 Å². The van der Waals surface area contributed by atoms with Crippen LogP contribution < -0.4 is 10.6 Å². The summed E-state index contributed by atoms with van der Waals surface area (Å²) in [5.41, 5.74) is 0. The smallest absolute Gasteiger partial charge is 0.225 e. The first-order chi connectivity index (χ1) is 11.1. The van der Waals surface area contributed by atoms with E-state index < -0.39 is 0 Å². The number of hydrogen-bond donors (Lipinski definition) is 2. The van der Waals surface area contributed by atoms with Crippen molar-refractivity contribution < 1.29 is 9.53 Å². The fourth-order valence-electron chi connectivity index (χ4n) is 4.77. The van der Waals surface area contributed by atoms with Gasteiger partial charge >= 0.3 is 0 Å². The van der Waals surface area contributed by atoms with Crippen LogP contribution in [-0.2, 0) is 9.53 Å². The number of amides is 1. The van der Waals surface area contributed by atoms with E-state index in [0.717, 1.165) is 32.6 Å². The van der Waals surface area contributed by atoms with Crippen molar-refractivity contribution in [2.24, 2.45) is 11.8 Å². The van der Waals surface area contributed by atoms with Crippen molar-refractivity contribution in [1.29, 1.82) is 0 Å². The molecule has 5 heteroatoms. The lowest BCUT2D eigenvalue weighted by molar-refractivity contribution is -0.134. The van der Waals surface area contributed by atoms with E-state index in [1.165, 1.54) is 32.1 Å². The summed E-state index contributed by atoms with van der Waals surface area (Å²) in [6.45, 7) is 2.68. The van der Waals surface area contributed by atoms with E-state index in [4.69, 9.17) is 4.74 Å². The molecule has 2 N–H and O–H groups in total. The van der Waals surface area contributed by atoms with Crippen molar-refractivity contribution in [3.05, 3.63) is 0 Å². The molecule has 23 heavy (non-hydrogen) atoms. The highest BCUT2D eigenvalue weighted by Gasteiger charge is 2.37. The SMILES string of the molecule is CN(C)C(=O)C1CCCC(NC2CCCC2C2COCCN2)C1. The molecule has 5 unspecified atom stereocenters. The van der Waals surface area contributed by atoms with E-state index in [2.05, 4.69) is 10.6 Å². The molecule has 0 aromatic heterocycles. The zero-order valence-corrected chi connectivity index (χ0v) is 14.7. The summed E-state index contributed by atoms with van der Waals surface area (Å²) >= 11 is 0. The van der Waals surface area contributed by atoms with E-state index in [-0.39, 0.29) is 5.92 Å². The van der Waals surface area contributed by atoms with Gasteiger partial charge in [0.2, 0.25) is 5.91 Å². The lowest BCUT2D eigenvalue weighted by atomic mass is 9.83. The highest BCUT2D eigenvalue weighted by Crippen LogP contribution is 2.32. The first kappa shape index (κ1) is 17.2. The number of hydrogen-bond acceptors (Lipinski definition) is 4. The maximum atomic E-state index is 12.3. The molecule has 2 aliphatic carbocycles. The molecule has 0 spiro atoms. The van der Waals surface area contributed by atoms with Crippen LogP contribution >= 0.6 is 0 Å². The number of rotatable bonds is 4. The summed E-state index contributed by atoms with van der Waals surface area (Å²) in [5.74, 6) is 1.20. The van der Waals surface area contributed by atoms with Gasteiger partial charge in [-0.2, -0.15) is 0 Å². The van der Waals surface area contributed by atoms with Gasteiger partial charge in [0.15, 0.2) is 0 Å². The van der Waals surface area contributed by atoms with Crippen LogP contribution in [0.15, 0.2) is 0 Å². The number of nitrogens with zero attached hydrogens (tertiary/aromatic N) is 1. The Balaban J connectivity index is 1.54. The second kappa shape index (κ2) is 7.95. The zero-order chi connectivity index (χ0) is 16.2.